The molecule has 0 rings (SSSR count). The molecular weight excluding hydrogens is 666 g/mol. The van der Waals surface area contributed by atoms with Crippen molar-refractivity contribution in [3.63, 3.8) is 0 Å². The molecular formula is C45H82NO7+. The molecule has 0 saturated carbocycles. The second-order valence-electron chi connectivity index (χ2n) is 15.6. The number of hydrogen-bond acceptors (Lipinski definition) is 6. The smallest absolute Gasteiger partial charge is 0.362 e. The lowest BCUT2D eigenvalue weighted by Gasteiger charge is -2.31. The Morgan fingerprint density at radius 2 is 1.06 bits per heavy atom. The summed E-state index contributed by atoms with van der Waals surface area (Å²) in [6, 6.07) is -0.612. The van der Waals surface area contributed by atoms with Crippen LogP contribution >= 0.6 is 0 Å². The number of carboxylic acid groups (broad SMARTS) is 1. The van der Waals surface area contributed by atoms with Gasteiger partial charge in [0.05, 0.1) is 34.4 Å². The Bertz CT molecular complexity index is 968. The molecule has 0 bridgehead atoms. The van der Waals surface area contributed by atoms with E-state index in [1.54, 1.807) is 0 Å². The lowest BCUT2D eigenvalue weighted by atomic mass is 10.1. The molecule has 0 fully saturated rings. The average molecular weight is 749 g/mol. The highest BCUT2D eigenvalue weighted by Gasteiger charge is 2.31. The Balaban J connectivity index is 4.23. The molecule has 0 aliphatic carbocycles. The summed E-state index contributed by atoms with van der Waals surface area (Å²) in [6.07, 6.45) is 40.5. The SMILES string of the molecule is CC/C=C/C/C=C/C/C=C/CCCCCCCCCCCCC(=O)OCC(COCCC(C(=O)O)[N+](C)(C)C)OC(=O)CCCCCCCCCCC. The van der Waals surface area contributed by atoms with Gasteiger partial charge < -0.3 is 23.8 Å². The maximum Gasteiger partial charge on any atom is 0.362 e. The molecule has 0 spiro atoms. The van der Waals surface area contributed by atoms with E-state index in [2.05, 4.69) is 50.3 Å². The molecule has 308 valence electrons. The predicted octanol–water partition coefficient (Wildman–Crippen LogP) is 11.5. The first-order chi connectivity index (χ1) is 25.6. The first kappa shape index (κ1) is 50.5. The molecule has 0 aliphatic rings. The van der Waals surface area contributed by atoms with Gasteiger partial charge in [-0.3, -0.25) is 9.59 Å². The number of hydrogen-bond donors (Lipinski definition) is 1. The first-order valence-corrected chi connectivity index (χ1v) is 21.5. The molecule has 1 N–H and O–H groups in total. The number of rotatable bonds is 38. The number of carboxylic acids is 1. The maximum absolute atomic E-state index is 12.6. The van der Waals surface area contributed by atoms with Crippen LogP contribution in [0.2, 0.25) is 0 Å². The largest absolute Gasteiger partial charge is 0.477 e. The Hall–Kier alpha value is -2.45. The number of unbranched alkanes of at least 4 members (excludes halogenated alkanes) is 18. The fourth-order valence-corrected chi connectivity index (χ4v) is 6.22. The second kappa shape index (κ2) is 36.5. The molecule has 0 aromatic rings. The Labute approximate surface area is 325 Å². The Morgan fingerprint density at radius 1 is 0.585 bits per heavy atom. The van der Waals surface area contributed by atoms with Crippen molar-refractivity contribution in [2.75, 3.05) is 41.0 Å². The summed E-state index contributed by atoms with van der Waals surface area (Å²) in [5, 5.41) is 9.59. The number of nitrogens with zero attached hydrogens (tertiary/aromatic N) is 1. The van der Waals surface area contributed by atoms with Crippen molar-refractivity contribution in [3.8, 4) is 0 Å². The van der Waals surface area contributed by atoms with Gasteiger partial charge in [0.1, 0.15) is 6.61 Å². The molecule has 0 saturated heterocycles. The number of likely N-dealkylation sites (N-methyl/N-ethyl adjacent to an activating group) is 1. The highest BCUT2D eigenvalue weighted by molar-refractivity contribution is 5.72. The van der Waals surface area contributed by atoms with Crippen molar-refractivity contribution in [1.82, 2.24) is 0 Å². The van der Waals surface area contributed by atoms with Crippen LogP contribution in [0.5, 0.6) is 0 Å². The monoisotopic (exact) mass is 749 g/mol. The van der Waals surface area contributed by atoms with Crippen LogP contribution in [0.25, 0.3) is 0 Å². The molecule has 8 heteroatoms. The van der Waals surface area contributed by atoms with Crippen LogP contribution in [0, 0.1) is 0 Å². The van der Waals surface area contributed by atoms with E-state index >= 15 is 0 Å². The molecule has 0 heterocycles. The van der Waals surface area contributed by atoms with Gasteiger partial charge in [0.15, 0.2) is 12.1 Å². The van der Waals surface area contributed by atoms with Gasteiger partial charge in [-0.2, -0.15) is 0 Å². The molecule has 2 unspecified atom stereocenters. The summed E-state index contributed by atoms with van der Waals surface area (Å²) >= 11 is 0. The van der Waals surface area contributed by atoms with Crippen molar-refractivity contribution in [3.05, 3.63) is 36.5 Å². The van der Waals surface area contributed by atoms with E-state index in [0.29, 0.717) is 19.3 Å². The Morgan fingerprint density at radius 3 is 1.57 bits per heavy atom. The topological polar surface area (TPSA) is 99.1 Å². The first-order valence-electron chi connectivity index (χ1n) is 21.5. The van der Waals surface area contributed by atoms with Crippen LogP contribution < -0.4 is 0 Å². The van der Waals surface area contributed by atoms with E-state index in [-0.39, 0.29) is 36.2 Å². The zero-order valence-electron chi connectivity index (χ0n) is 35.0. The van der Waals surface area contributed by atoms with Gasteiger partial charge in [-0.15, -0.1) is 0 Å². The minimum atomic E-state index is -0.876. The van der Waals surface area contributed by atoms with Gasteiger partial charge in [0.2, 0.25) is 0 Å². The van der Waals surface area contributed by atoms with Crippen LogP contribution in [0.1, 0.15) is 181 Å². The van der Waals surface area contributed by atoms with E-state index in [4.69, 9.17) is 14.2 Å². The number of carbonyl (C=O) groups is 3. The molecule has 0 aromatic heterocycles. The number of aliphatic carboxylic acids is 1. The van der Waals surface area contributed by atoms with Gasteiger partial charge >= 0.3 is 17.9 Å². The van der Waals surface area contributed by atoms with E-state index in [9.17, 15) is 19.5 Å². The summed E-state index contributed by atoms with van der Waals surface area (Å²) in [6.45, 7) is 4.60. The summed E-state index contributed by atoms with van der Waals surface area (Å²) < 4.78 is 17.2. The van der Waals surface area contributed by atoms with Gasteiger partial charge in [-0.1, -0.05) is 153 Å². The van der Waals surface area contributed by atoms with E-state index < -0.39 is 18.1 Å². The van der Waals surface area contributed by atoms with Crippen LogP contribution in [-0.2, 0) is 28.6 Å². The van der Waals surface area contributed by atoms with Gasteiger partial charge in [0.25, 0.3) is 0 Å². The maximum atomic E-state index is 12.6. The van der Waals surface area contributed by atoms with Crippen LogP contribution in [0.3, 0.4) is 0 Å². The molecule has 8 nitrogen and oxygen atoms in total. The van der Waals surface area contributed by atoms with Crippen LogP contribution in [0.15, 0.2) is 36.5 Å². The minimum absolute atomic E-state index is 0.0507. The molecule has 53 heavy (non-hydrogen) atoms. The average Bonchev–Trinajstić information content (AvgIpc) is 3.11. The summed E-state index contributed by atoms with van der Waals surface area (Å²) in [4.78, 5) is 36.8. The highest BCUT2D eigenvalue weighted by atomic mass is 16.6. The number of allylic oxidation sites excluding steroid dienone is 6. The van der Waals surface area contributed by atoms with Gasteiger partial charge in [-0.05, 0) is 44.9 Å². The zero-order valence-corrected chi connectivity index (χ0v) is 35.0. The van der Waals surface area contributed by atoms with E-state index in [1.807, 2.05) is 21.1 Å². The van der Waals surface area contributed by atoms with Gasteiger partial charge in [-0.25, -0.2) is 4.79 Å². The third kappa shape index (κ3) is 35.0. The predicted molar refractivity (Wildman–Crippen MR) is 220 cm³/mol. The lowest BCUT2D eigenvalue weighted by Crippen LogP contribution is -2.50. The number of carbonyl (C=O) groups excluding carboxylic acids is 2. The normalized spacial score (nSPS) is 13.3. The lowest BCUT2D eigenvalue weighted by molar-refractivity contribution is -0.887. The fraction of sp³-hybridized carbons (Fsp3) is 0.800. The van der Waals surface area contributed by atoms with Crippen molar-refractivity contribution in [1.29, 1.82) is 0 Å². The number of quaternary nitrogens is 1. The third-order valence-electron chi connectivity index (χ3n) is 9.55. The molecule has 0 aromatic carbocycles. The number of ether oxygens (including phenoxy) is 3. The zero-order chi connectivity index (χ0) is 39.3. The minimum Gasteiger partial charge on any atom is -0.477 e. The summed E-state index contributed by atoms with van der Waals surface area (Å²) in [7, 11) is 5.52. The van der Waals surface area contributed by atoms with E-state index in [0.717, 1.165) is 57.8 Å². The van der Waals surface area contributed by atoms with Crippen molar-refractivity contribution in [2.24, 2.45) is 0 Å². The summed E-state index contributed by atoms with van der Waals surface area (Å²) in [5.74, 6) is -1.47. The van der Waals surface area contributed by atoms with Crippen LogP contribution in [0.4, 0.5) is 0 Å². The van der Waals surface area contributed by atoms with Crippen molar-refractivity contribution < 1.29 is 38.2 Å². The van der Waals surface area contributed by atoms with E-state index in [1.165, 1.54) is 89.9 Å². The quantitative estimate of drug-likeness (QED) is 0.0290. The molecule has 0 radical (unpaired) electrons. The fourth-order valence-electron chi connectivity index (χ4n) is 6.22. The van der Waals surface area contributed by atoms with Crippen LogP contribution in [-0.4, -0.2) is 80.6 Å². The van der Waals surface area contributed by atoms with Crippen molar-refractivity contribution in [2.45, 2.75) is 193 Å². The molecule has 0 amide bonds. The van der Waals surface area contributed by atoms with Gasteiger partial charge in [0, 0.05) is 19.3 Å². The van der Waals surface area contributed by atoms with Crippen molar-refractivity contribution >= 4 is 17.9 Å². The molecule has 0 aliphatic heterocycles. The molecule has 2 atom stereocenters. The number of esters is 2. The Kier molecular flexibility index (Phi) is 34.8. The summed E-state index contributed by atoms with van der Waals surface area (Å²) in [5.41, 5.74) is 0. The second-order valence-corrected chi connectivity index (χ2v) is 15.6. The highest BCUT2D eigenvalue weighted by Crippen LogP contribution is 2.14. The standard InChI is InChI=1S/C45H81NO7/c1-6-8-10-12-14-16-17-18-19-20-21-22-23-24-25-26-28-29-31-33-35-43(47)52-40-41(39-51-38-37-42(45(49)50)46(3,4)5)53-44(48)36-34-32-30-27-15-13-11-9-7-2/h8,10,14,16,18-19,41-42H,6-7,9,11-13,15,17,20-40H2,1-5H3/p+1/b10-8+,16-14+,19-18+. The third-order valence-corrected chi connectivity index (χ3v) is 9.55.